The van der Waals surface area contributed by atoms with Gasteiger partial charge < -0.3 is 10.0 Å². The Morgan fingerprint density at radius 3 is 2.68 bits per heavy atom. The van der Waals surface area contributed by atoms with E-state index in [1.54, 1.807) is 35.1 Å². The number of carboxylic acids is 1. The van der Waals surface area contributed by atoms with E-state index >= 15 is 0 Å². The van der Waals surface area contributed by atoms with E-state index in [2.05, 4.69) is 5.10 Å². The van der Waals surface area contributed by atoms with Crippen molar-refractivity contribution in [3.05, 3.63) is 47.2 Å². The Bertz CT molecular complexity index is 711. The van der Waals surface area contributed by atoms with Crippen LogP contribution in [0.25, 0.3) is 5.69 Å². The third kappa shape index (κ3) is 2.69. The lowest BCUT2D eigenvalue weighted by Crippen LogP contribution is -2.40. The first-order chi connectivity index (χ1) is 10.6. The summed E-state index contributed by atoms with van der Waals surface area (Å²) in [6.07, 6.45) is 4.25. The number of aliphatic carboxylic acids is 1. The quantitative estimate of drug-likeness (QED) is 0.941. The van der Waals surface area contributed by atoms with Gasteiger partial charge in [0.25, 0.3) is 5.91 Å². The molecule has 2 aromatic rings. The molecule has 1 saturated heterocycles. The molecule has 0 saturated carbocycles. The van der Waals surface area contributed by atoms with Crippen molar-refractivity contribution in [3.8, 4) is 5.69 Å². The second-order valence-electron chi connectivity index (χ2n) is 5.14. The zero-order valence-electron chi connectivity index (χ0n) is 11.6. The van der Waals surface area contributed by atoms with Crippen molar-refractivity contribution in [3.63, 3.8) is 0 Å². The predicted octanol–water partition coefficient (Wildman–Crippen LogP) is 2.21. The Morgan fingerprint density at radius 2 is 2.00 bits per heavy atom. The minimum atomic E-state index is -0.962. The van der Waals surface area contributed by atoms with Crippen LogP contribution in [0.15, 0.2) is 36.7 Å². The molecule has 2 heterocycles. The van der Waals surface area contributed by atoms with Gasteiger partial charge in [-0.1, -0.05) is 11.6 Å². The fraction of sp³-hybridized carbons (Fsp3) is 0.267. The molecule has 1 amide bonds. The Balaban J connectivity index is 1.82. The normalized spacial score (nSPS) is 17.7. The molecule has 114 valence electrons. The molecule has 1 aliphatic heterocycles. The number of carboxylic acid groups (broad SMARTS) is 1. The van der Waals surface area contributed by atoms with Crippen LogP contribution in [0.4, 0.5) is 0 Å². The van der Waals surface area contributed by atoms with Crippen molar-refractivity contribution in [2.45, 2.75) is 18.9 Å². The summed E-state index contributed by atoms with van der Waals surface area (Å²) >= 11 is 5.84. The standard InChI is InChI=1S/C15H14ClN3O3/c16-11-3-5-12(6-4-11)19-9-10(8-17-19)14(20)18-7-1-2-13(18)15(21)22/h3-6,8-9,13H,1-2,7H2,(H,21,22)/t13-/m0/s1. The van der Waals surface area contributed by atoms with Crippen LogP contribution in [-0.4, -0.2) is 44.3 Å². The van der Waals surface area contributed by atoms with E-state index in [9.17, 15) is 9.59 Å². The molecule has 6 nitrogen and oxygen atoms in total. The van der Waals surface area contributed by atoms with Crippen LogP contribution in [0.5, 0.6) is 0 Å². The molecule has 1 aromatic heterocycles. The maximum Gasteiger partial charge on any atom is 0.326 e. The molecule has 3 rings (SSSR count). The summed E-state index contributed by atoms with van der Waals surface area (Å²) in [5.74, 6) is -1.26. The number of likely N-dealkylation sites (tertiary alicyclic amines) is 1. The van der Waals surface area contributed by atoms with Gasteiger partial charge in [-0.05, 0) is 37.1 Å². The lowest BCUT2D eigenvalue weighted by atomic mass is 10.2. The van der Waals surface area contributed by atoms with Crippen molar-refractivity contribution in [1.29, 1.82) is 0 Å². The van der Waals surface area contributed by atoms with Gasteiger partial charge in [-0.2, -0.15) is 5.10 Å². The third-order valence-electron chi connectivity index (χ3n) is 3.72. The van der Waals surface area contributed by atoms with E-state index in [4.69, 9.17) is 16.7 Å². The molecule has 0 bridgehead atoms. The second-order valence-corrected chi connectivity index (χ2v) is 5.58. The molecule has 0 aliphatic carbocycles. The number of hydrogen-bond acceptors (Lipinski definition) is 3. The number of benzene rings is 1. The van der Waals surface area contributed by atoms with Crippen LogP contribution in [0, 0.1) is 0 Å². The minimum Gasteiger partial charge on any atom is -0.480 e. The van der Waals surface area contributed by atoms with E-state index in [0.29, 0.717) is 30.0 Å². The molecule has 1 N–H and O–H groups in total. The summed E-state index contributed by atoms with van der Waals surface area (Å²) in [7, 11) is 0. The van der Waals surface area contributed by atoms with Gasteiger partial charge in [0.05, 0.1) is 17.4 Å². The summed E-state index contributed by atoms with van der Waals surface area (Å²) < 4.78 is 1.56. The van der Waals surface area contributed by atoms with Gasteiger partial charge in [0.2, 0.25) is 0 Å². The number of nitrogens with zero attached hydrogens (tertiary/aromatic N) is 3. The van der Waals surface area contributed by atoms with Gasteiger partial charge in [0.1, 0.15) is 6.04 Å². The van der Waals surface area contributed by atoms with Gasteiger partial charge in [-0.3, -0.25) is 4.79 Å². The number of amides is 1. The molecule has 0 radical (unpaired) electrons. The zero-order valence-corrected chi connectivity index (χ0v) is 12.4. The Labute approximate surface area is 131 Å². The Kier molecular flexibility index (Phi) is 3.85. The minimum absolute atomic E-state index is 0.301. The fourth-order valence-electron chi connectivity index (χ4n) is 2.60. The van der Waals surface area contributed by atoms with E-state index in [1.165, 1.54) is 11.1 Å². The van der Waals surface area contributed by atoms with Crippen LogP contribution < -0.4 is 0 Å². The van der Waals surface area contributed by atoms with E-state index in [0.717, 1.165) is 5.69 Å². The SMILES string of the molecule is O=C(O)[C@@H]1CCCN1C(=O)c1cnn(-c2ccc(Cl)cc2)c1. The number of aromatic nitrogens is 2. The lowest BCUT2D eigenvalue weighted by Gasteiger charge is -2.20. The molecular weight excluding hydrogens is 306 g/mol. The molecule has 1 fully saturated rings. The van der Waals surface area contributed by atoms with Crippen molar-refractivity contribution < 1.29 is 14.7 Å². The van der Waals surface area contributed by atoms with Gasteiger partial charge in [-0.15, -0.1) is 0 Å². The first-order valence-electron chi connectivity index (χ1n) is 6.90. The van der Waals surface area contributed by atoms with Gasteiger partial charge >= 0.3 is 5.97 Å². The Hall–Kier alpha value is -2.34. The fourth-order valence-corrected chi connectivity index (χ4v) is 2.73. The first kappa shape index (κ1) is 14.6. The van der Waals surface area contributed by atoms with Gasteiger partial charge in [-0.25, -0.2) is 9.48 Å². The highest BCUT2D eigenvalue weighted by atomic mass is 35.5. The Morgan fingerprint density at radius 1 is 1.27 bits per heavy atom. The van der Waals surface area contributed by atoms with Gasteiger partial charge in [0, 0.05) is 17.8 Å². The zero-order chi connectivity index (χ0) is 15.7. The van der Waals surface area contributed by atoms with Crippen LogP contribution >= 0.6 is 11.6 Å². The maximum absolute atomic E-state index is 12.4. The molecular formula is C15H14ClN3O3. The summed E-state index contributed by atoms with van der Waals surface area (Å²) in [4.78, 5) is 25.0. The molecule has 0 spiro atoms. The first-order valence-corrected chi connectivity index (χ1v) is 7.28. The second kappa shape index (κ2) is 5.81. The molecule has 22 heavy (non-hydrogen) atoms. The number of carbonyl (C=O) groups excluding carboxylic acids is 1. The molecule has 1 atom stereocenters. The van der Waals surface area contributed by atoms with Crippen molar-refractivity contribution >= 4 is 23.5 Å². The summed E-state index contributed by atoms with van der Waals surface area (Å²) in [5, 5.41) is 13.9. The largest absolute Gasteiger partial charge is 0.480 e. The average molecular weight is 320 g/mol. The smallest absolute Gasteiger partial charge is 0.326 e. The number of hydrogen-bond donors (Lipinski definition) is 1. The highest BCUT2D eigenvalue weighted by Crippen LogP contribution is 2.21. The molecule has 0 unspecified atom stereocenters. The highest BCUT2D eigenvalue weighted by molar-refractivity contribution is 6.30. The summed E-state index contributed by atoms with van der Waals surface area (Å²) in [6.45, 7) is 0.460. The monoisotopic (exact) mass is 319 g/mol. The van der Waals surface area contributed by atoms with Crippen LogP contribution in [-0.2, 0) is 4.79 Å². The maximum atomic E-state index is 12.4. The average Bonchev–Trinajstić information content (AvgIpc) is 3.17. The van der Waals surface area contributed by atoms with E-state index in [-0.39, 0.29) is 5.91 Å². The number of carbonyl (C=O) groups is 2. The molecule has 1 aliphatic rings. The van der Waals surface area contributed by atoms with E-state index < -0.39 is 12.0 Å². The number of halogens is 1. The summed E-state index contributed by atoms with van der Waals surface area (Å²) in [5.41, 5.74) is 1.16. The van der Waals surface area contributed by atoms with E-state index in [1.807, 2.05) is 0 Å². The summed E-state index contributed by atoms with van der Waals surface area (Å²) in [6, 6.07) is 6.31. The van der Waals surface area contributed by atoms with Crippen LogP contribution in [0.2, 0.25) is 5.02 Å². The van der Waals surface area contributed by atoms with Crippen molar-refractivity contribution in [2.75, 3.05) is 6.54 Å². The van der Waals surface area contributed by atoms with Crippen molar-refractivity contribution in [2.24, 2.45) is 0 Å². The molecule has 7 heteroatoms. The third-order valence-corrected chi connectivity index (χ3v) is 3.97. The van der Waals surface area contributed by atoms with Crippen molar-refractivity contribution in [1.82, 2.24) is 14.7 Å². The van der Waals surface area contributed by atoms with Crippen LogP contribution in [0.3, 0.4) is 0 Å². The predicted molar refractivity (Wildman–Crippen MR) is 80.3 cm³/mol. The lowest BCUT2D eigenvalue weighted by molar-refractivity contribution is -0.141. The van der Waals surface area contributed by atoms with Gasteiger partial charge in [0.15, 0.2) is 0 Å². The number of rotatable bonds is 3. The highest BCUT2D eigenvalue weighted by Gasteiger charge is 2.34. The molecule has 1 aromatic carbocycles. The topological polar surface area (TPSA) is 75.4 Å². The van der Waals surface area contributed by atoms with Crippen LogP contribution in [0.1, 0.15) is 23.2 Å².